The summed E-state index contributed by atoms with van der Waals surface area (Å²) in [4.78, 5) is 2.19. The molecule has 0 saturated carbocycles. The van der Waals surface area contributed by atoms with Gasteiger partial charge in [-0.25, -0.2) is 0 Å². The molecular weight excluding hydrogens is 262 g/mol. The minimum atomic E-state index is -0.228. The van der Waals surface area contributed by atoms with Crippen molar-refractivity contribution in [3.8, 4) is 0 Å². The van der Waals surface area contributed by atoms with Crippen LogP contribution >= 0.6 is 11.6 Å². The van der Waals surface area contributed by atoms with Gasteiger partial charge in [-0.3, -0.25) is 5.41 Å². The van der Waals surface area contributed by atoms with Gasteiger partial charge in [0, 0.05) is 18.8 Å². The van der Waals surface area contributed by atoms with Gasteiger partial charge in [0.05, 0.1) is 22.3 Å². The van der Waals surface area contributed by atoms with E-state index in [9.17, 15) is 0 Å². The topological polar surface area (TPSA) is 62.3 Å². The Balaban J connectivity index is 2.41. The Bertz CT molecular complexity index is 501. The minimum Gasteiger partial charge on any atom is -0.384 e. The molecule has 4 nitrogen and oxygen atoms in total. The molecule has 0 bridgehead atoms. The Labute approximate surface area is 119 Å². The van der Waals surface area contributed by atoms with Gasteiger partial charge in [0.1, 0.15) is 5.84 Å². The predicted octanol–water partition coefficient (Wildman–Crippen LogP) is 2.63. The van der Waals surface area contributed by atoms with Crippen molar-refractivity contribution in [3.05, 3.63) is 28.8 Å². The van der Waals surface area contributed by atoms with Gasteiger partial charge in [0.15, 0.2) is 0 Å². The Morgan fingerprint density at radius 1 is 1.53 bits per heavy atom. The second-order valence-corrected chi connectivity index (χ2v) is 6.02. The maximum atomic E-state index is 7.72. The summed E-state index contributed by atoms with van der Waals surface area (Å²) >= 11 is 6.17. The lowest BCUT2D eigenvalue weighted by molar-refractivity contribution is -0.0749. The van der Waals surface area contributed by atoms with E-state index < -0.39 is 0 Å². The number of nitrogens with two attached hydrogens (primary N) is 1. The number of benzene rings is 1. The number of nitrogen functional groups attached to an aromatic ring is 1. The van der Waals surface area contributed by atoms with Gasteiger partial charge in [0.25, 0.3) is 0 Å². The second-order valence-electron chi connectivity index (χ2n) is 5.62. The lowest BCUT2D eigenvalue weighted by atomic mass is 10.0. The summed E-state index contributed by atoms with van der Waals surface area (Å²) < 4.78 is 5.90. The third-order valence-electron chi connectivity index (χ3n) is 3.17. The second kappa shape index (κ2) is 5.02. The van der Waals surface area contributed by atoms with E-state index in [1.165, 1.54) is 0 Å². The molecule has 1 aliphatic heterocycles. The van der Waals surface area contributed by atoms with E-state index in [0.717, 1.165) is 18.8 Å². The van der Waals surface area contributed by atoms with Gasteiger partial charge in [-0.2, -0.15) is 0 Å². The zero-order chi connectivity index (χ0) is 14.2. The van der Waals surface area contributed by atoms with E-state index in [1.807, 2.05) is 19.1 Å². The van der Waals surface area contributed by atoms with Crippen molar-refractivity contribution < 1.29 is 4.74 Å². The number of nitrogens with zero attached hydrogens (tertiary/aromatic N) is 1. The number of ether oxygens (including phenoxy) is 1. The summed E-state index contributed by atoms with van der Waals surface area (Å²) in [6.07, 6.45) is 0.127. The first-order chi connectivity index (χ1) is 8.80. The van der Waals surface area contributed by atoms with Crippen LogP contribution in [0.25, 0.3) is 0 Å². The quantitative estimate of drug-likeness (QED) is 0.647. The molecule has 0 radical (unpaired) electrons. The maximum Gasteiger partial charge on any atom is 0.126 e. The molecule has 1 aliphatic rings. The summed E-state index contributed by atoms with van der Waals surface area (Å²) in [5.74, 6) is -0.00227. The molecule has 2 rings (SSSR count). The summed E-state index contributed by atoms with van der Waals surface area (Å²) in [6, 6.07) is 5.60. The zero-order valence-corrected chi connectivity index (χ0v) is 12.3. The maximum absolute atomic E-state index is 7.72. The van der Waals surface area contributed by atoms with E-state index in [-0.39, 0.29) is 17.5 Å². The number of anilines is 1. The third kappa shape index (κ3) is 3.01. The van der Waals surface area contributed by atoms with Gasteiger partial charge in [-0.15, -0.1) is 0 Å². The van der Waals surface area contributed by atoms with E-state index in [0.29, 0.717) is 10.6 Å². The summed E-state index contributed by atoms with van der Waals surface area (Å²) in [7, 11) is 0. The lowest BCUT2D eigenvalue weighted by Gasteiger charge is -2.43. The van der Waals surface area contributed by atoms with Crippen LogP contribution in [0.4, 0.5) is 5.69 Å². The standard InChI is InChI=1S/C14H20ClN3O/c1-9-7-18(8-14(2,3)19-9)11-6-4-5-10(15)12(11)13(16)17/h4-6,9H,7-8H2,1-3H3,(H3,16,17). The highest BCUT2D eigenvalue weighted by Gasteiger charge is 2.32. The van der Waals surface area contributed by atoms with Crippen LogP contribution in [0.1, 0.15) is 26.3 Å². The van der Waals surface area contributed by atoms with E-state index in [2.05, 4.69) is 18.7 Å². The first kappa shape index (κ1) is 14.2. The van der Waals surface area contributed by atoms with Crippen LogP contribution in [0.15, 0.2) is 18.2 Å². The number of nitrogens with one attached hydrogen (secondary N) is 1. The highest BCUT2D eigenvalue weighted by atomic mass is 35.5. The molecule has 3 N–H and O–H groups in total. The normalized spacial score (nSPS) is 22.3. The summed E-state index contributed by atoms with van der Waals surface area (Å²) in [5.41, 5.74) is 6.95. The highest BCUT2D eigenvalue weighted by molar-refractivity contribution is 6.34. The average molecular weight is 282 g/mol. The third-order valence-corrected chi connectivity index (χ3v) is 3.49. The van der Waals surface area contributed by atoms with Crippen molar-refractivity contribution in [3.63, 3.8) is 0 Å². The molecular formula is C14H20ClN3O. The number of rotatable bonds is 2. The van der Waals surface area contributed by atoms with Crippen LogP contribution in [0.5, 0.6) is 0 Å². The van der Waals surface area contributed by atoms with Gasteiger partial charge >= 0.3 is 0 Å². The summed E-state index contributed by atoms with van der Waals surface area (Å²) in [6.45, 7) is 7.69. The van der Waals surface area contributed by atoms with Crippen molar-refractivity contribution in [2.45, 2.75) is 32.5 Å². The smallest absolute Gasteiger partial charge is 0.126 e. The molecule has 1 aromatic rings. The van der Waals surface area contributed by atoms with Crippen LogP contribution in [0, 0.1) is 5.41 Å². The van der Waals surface area contributed by atoms with Crippen molar-refractivity contribution in [2.24, 2.45) is 5.73 Å². The first-order valence-electron chi connectivity index (χ1n) is 6.36. The van der Waals surface area contributed by atoms with Gasteiger partial charge in [0.2, 0.25) is 0 Å². The molecule has 1 heterocycles. The van der Waals surface area contributed by atoms with Crippen molar-refractivity contribution in [2.75, 3.05) is 18.0 Å². The Morgan fingerprint density at radius 3 is 2.79 bits per heavy atom. The number of halogens is 1. The van der Waals surface area contributed by atoms with Crippen LogP contribution in [-0.4, -0.2) is 30.6 Å². The largest absolute Gasteiger partial charge is 0.384 e. The van der Waals surface area contributed by atoms with Crippen molar-refractivity contribution >= 4 is 23.1 Å². The Kier molecular flexibility index (Phi) is 3.74. The van der Waals surface area contributed by atoms with E-state index in [4.69, 9.17) is 27.5 Å². The number of morpholine rings is 1. The molecule has 19 heavy (non-hydrogen) atoms. The van der Waals surface area contributed by atoms with Crippen LogP contribution in [0.3, 0.4) is 0 Å². The average Bonchev–Trinajstić information content (AvgIpc) is 2.25. The number of amidine groups is 1. The van der Waals surface area contributed by atoms with Crippen LogP contribution in [0.2, 0.25) is 5.02 Å². The molecule has 0 amide bonds. The van der Waals surface area contributed by atoms with E-state index in [1.54, 1.807) is 6.07 Å². The molecule has 5 heteroatoms. The van der Waals surface area contributed by atoms with Gasteiger partial charge < -0.3 is 15.4 Å². The van der Waals surface area contributed by atoms with Gasteiger partial charge in [-0.05, 0) is 32.9 Å². The van der Waals surface area contributed by atoms with Crippen LogP contribution in [-0.2, 0) is 4.74 Å². The highest BCUT2D eigenvalue weighted by Crippen LogP contribution is 2.31. The predicted molar refractivity (Wildman–Crippen MR) is 79.3 cm³/mol. The summed E-state index contributed by atoms with van der Waals surface area (Å²) in [5, 5.41) is 8.24. The molecule has 1 fully saturated rings. The molecule has 0 aliphatic carbocycles. The molecule has 0 spiro atoms. The molecule has 104 valence electrons. The van der Waals surface area contributed by atoms with E-state index >= 15 is 0 Å². The first-order valence-corrected chi connectivity index (χ1v) is 6.73. The fourth-order valence-electron chi connectivity index (χ4n) is 2.68. The van der Waals surface area contributed by atoms with Gasteiger partial charge in [-0.1, -0.05) is 17.7 Å². The molecule has 1 atom stereocenters. The number of hydrogen-bond acceptors (Lipinski definition) is 3. The molecule has 1 saturated heterocycles. The fourth-order valence-corrected chi connectivity index (χ4v) is 2.95. The molecule has 1 aromatic carbocycles. The minimum absolute atomic E-state index is 0.00227. The Hall–Kier alpha value is -1.26. The van der Waals surface area contributed by atoms with Crippen LogP contribution < -0.4 is 10.6 Å². The monoisotopic (exact) mass is 281 g/mol. The molecule has 1 unspecified atom stereocenters. The molecule has 0 aromatic heterocycles. The number of hydrogen-bond donors (Lipinski definition) is 2. The zero-order valence-electron chi connectivity index (χ0n) is 11.5. The fraction of sp³-hybridized carbons (Fsp3) is 0.500. The van der Waals surface area contributed by atoms with Crippen molar-refractivity contribution in [1.29, 1.82) is 5.41 Å². The lowest BCUT2D eigenvalue weighted by Crippen LogP contribution is -2.52. The SMILES string of the molecule is CC1CN(c2cccc(Cl)c2C(=N)N)CC(C)(C)O1. The Morgan fingerprint density at radius 2 is 2.21 bits per heavy atom. The van der Waals surface area contributed by atoms with Crippen molar-refractivity contribution in [1.82, 2.24) is 0 Å².